The number of rotatable bonds is 6. The van der Waals surface area contributed by atoms with Gasteiger partial charge in [0.05, 0.1) is 18.4 Å². The molecule has 0 amide bonds. The highest BCUT2D eigenvalue weighted by Crippen LogP contribution is 2.41. The maximum absolute atomic E-state index is 13.0. The first-order valence-electron chi connectivity index (χ1n) is 9.49. The molecule has 0 spiro atoms. The van der Waals surface area contributed by atoms with Crippen LogP contribution >= 0.6 is 0 Å². The molecule has 28 heavy (non-hydrogen) atoms. The van der Waals surface area contributed by atoms with Gasteiger partial charge in [-0.15, -0.1) is 0 Å². The molecule has 1 aromatic heterocycles. The van der Waals surface area contributed by atoms with Crippen molar-refractivity contribution in [3.05, 3.63) is 82.2 Å². The van der Waals surface area contributed by atoms with Gasteiger partial charge in [0.1, 0.15) is 5.75 Å². The number of aryl methyl sites for hydroxylation is 1. The SMILES string of the molecule is CCC(=O)c1cc(C(=O)Cc2cn[nH]c2C)cc2c1OCC2c1ccccc1. The van der Waals surface area contributed by atoms with Gasteiger partial charge >= 0.3 is 0 Å². The Morgan fingerprint density at radius 1 is 1.18 bits per heavy atom. The number of aromatic amines is 1. The fourth-order valence-corrected chi connectivity index (χ4v) is 3.68. The summed E-state index contributed by atoms with van der Waals surface area (Å²) in [6, 6.07) is 13.6. The standard InChI is InChI=1S/C23H22N2O3/c1-3-21(26)19-10-16(22(27)11-17-12-24-25-14(17)2)9-18-20(13-28-23(18)19)15-7-5-4-6-8-15/h4-10,12,20H,3,11,13H2,1-2H3,(H,24,25). The van der Waals surface area contributed by atoms with E-state index in [2.05, 4.69) is 10.2 Å². The van der Waals surface area contributed by atoms with Crippen LogP contribution in [0.5, 0.6) is 5.75 Å². The van der Waals surface area contributed by atoms with Gasteiger partial charge in [-0.1, -0.05) is 37.3 Å². The summed E-state index contributed by atoms with van der Waals surface area (Å²) in [6.07, 6.45) is 2.29. The number of hydrogen-bond acceptors (Lipinski definition) is 4. The molecule has 1 N–H and O–H groups in total. The number of fused-ring (bicyclic) bond motifs is 1. The lowest BCUT2D eigenvalue weighted by molar-refractivity contribution is 0.0985. The number of carbonyl (C=O) groups is 2. The van der Waals surface area contributed by atoms with Crippen LogP contribution in [0.4, 0.5) is 0 Å². The maximum Gasteiger partial charge on any atom is 0.167 e. The van der Waals surface area contributed by atoms with Gasteiger partial charge in [0.15, 0.2) is 11.6 Å². The number of Topliss-reactive ketones (excluding diaryl/α,β-unsaturated/α-hetero) is 2. The average molecular weight is 374 g/mol. The molecule has 0 fully saturated rings. The van der Waals surface area contributed by atoms with Crippen molar-refractivity contribution in [2.45, 2.75) is 32.6 Å². The first kappa shape index (κ1) is 18.2. The van der Waals surface area contributed by atoms with Gasteiger partial charge in [-0.2, -0.15) is 5.10 Å². The molecule has 1 atom stereocenters. The first-order chi connectivity index (χ1) is 13.6. The molecule has 1 aliphatic heterocycles. The summed E-state index contributed by atoms with van der Waals surface area (Å²) in [5.41, 5.74) is 4.83. The Labute approximate surface area is 163 Å². The molecule has 2 heterocycles. The Hall–Kier alpha value is -3.21. The highest BCUT2D eigenvalue weighted by atomic mass is 16.5. The van der Waals surface area contributed by atoms with Crippen molar-refractivity contribution in [3.8, 4) is 5.75 Å². The minimum atomic E-state index is -0.0313. The zero-order valence-electron chi connectivity index (χ0n) is 16.0. The number of aromatic nitrogens is 2. The summed E-state index contributed by atoms with van der Waals surface area (Å²) >= 11 is 0. The van der Waals surface area contributed by atoms with Crippen LogP contribution < -0.4 is 4.74 Å². The van der Waals surface area contributed by atoms with E-state index in [0.29, 0.717) is 29.9 Å². The van der Waals surface area contributed by atoms with Crippen LogP contribution in [0.25, 0.3) is 0 Å². The highest BCUT2D eigenvalue weighted by Gasteiger charge is 2.31. The second-order valence-electron chi connectivity index (χ2n) is 7.11. The van der Waals surface area contributed by atoms with Crippen LogP contribution in [0.1, 0.15) is 62.4 Å². The molecule has 3 aromatic rings. The van der Waals surface area contributed by atoms with E-state index in [9.17, 15) is 9.59 Å². The van der Waals surface area contributed by atoms with E-state index in [-0.39, 0.29) is 23.9 Å². The van der Waals surface area contributed by atoms with Crippen molar-refractivity contribution in [1.29, 1.82) is 0 Å². The van der Waals surface area contributed by atoms with Crippen LogP contribution in [0.3, 0.4) is 0 Å². The minimum Gasteiger partial charge on any atom is -0.492 e. The third-order valence-electron chi connectivity index (χ3n) is 5.32. The average Bonchev–Trinajstić information content (AvgIpc) is 3.33. The van der Waals surface area contributed by atoms with Crippen LogP contribution in [-0.4, -0.2) is 28.4 Å². The smallest absolute Gasteiger partial charge is 0.167 e. The van der Waals surface area contributed by atoms with Crippen molar-refractivity contribution in [1.82, 2.24) is 10.2 Å². The van der Waals surface area contributed by atoms with Gasteiger partial charge in [0.2, 0.25) is 0 Å². The maximum atomic E-state index is 13.0. The number of H-pyrrole nitrogens is 1. The number of nitrogens with one attached hydrogen (secondary N) is 1. The first-order valence-corrected chi connectivity index (χ1v) is 9.49. The summed E-state index contributed by atoms with van der Waals surface area (Å²) in [6.45, 7) is 4.19. The predicted octanol–water partition coefficient (Wildman–Crippen LogP) is 4.26. The number of ether oxygens (including phenoxy) is 1. The summed E-state index contributed by atoms with van der Waals surface area (Å²) in [7, 11) is 0. The summed E-state index contributed by atoms with van der Waals surface area (Å²) in [4.78, 5) is 25.5. The molecule has 4 rings (SSSR count). The lowest BCUT2D eigenvalue weighted by Crippen LogP contribution is -2.08. The van der Waals surface area contributed by atoms with Gasteiger partial charge in [-0.3, -0.25) is 14.7 Å². The van der Waals surface area contributed by atoms with Crippen LogP contribution in [-0.2, 0) is 6.42 Å². The summed E-state index contributed by atoms with van der Waals surface area (Å²) in [5.74, 6) is 0.593. The Morgan fingerprint density at radius 2 is 1.96 bits per heavy atom. The quantitative estimate of drug-likeness (QED) is 0.655. The van der Waals surface area contributed by atoms with Crippen LogP contribution in [0.15, 0.2) is 48.7 Å². The van der Waals surface area contributed by atoms with Gasteiger partial charge in [-0.25, -0.2) is 0 Å². The van der Waals surface area contributed by atoms with Crippen molar-refractivity contribution in [3.63, 3.8) is 0 Å². The molecular weight excluding hydrogens is 352 g/mol. The zero-order chi connectivity index (χ0) is 19.7. The molecule has 0 bridgehead atoms. The highest BCUT2D eigenvalue weighted by molar-refractivity contribution is 6.04. The monoisotopic (exact) mass is 374 g/mol. The molecule has 0 radical (unpaired) electrons. The van der Waals surface area contributed by atoms with E-state index >= 15 is 0 Å². The van der Waals surface area contributed by atoms with E-state index < -0.39 is 0 Å². The van der Waals surface area contributed by atoms with Crippen molar-refractivity contribution >= 4 is 11.6 Å². The molecule has 142 valence electrons. The molecule has 2 aromatic carbocycles. The number of hydrogen-bond donors (Lipinski definition) is 1. The Balaban J connectivity index is 1.77. The van der Waals surface area contributed by atoms with Gasteiger partial charge in [-0.05, 0) is 24.6 Å². The molecular formula is C23H22N2O3. The minimum absolute atomic E-state index is 0.0147. The predicted molar refractivity (Wildman–Crippen MR) is 106 cm³/mol. The van der Waals surface area contributed by atoms with Gasteiger partial charge < -0.3 is 4.74 Å². The van der Waals surface area contributed by atoms with E-state index in [1.807, 2.05) is 50.2 Å². The van der Waals surface area contributed by atoms with Crippen molar-refractivity contribution < 1.29 is 14.3 Å². The Morgan fingerprint density at radius 3 is 2.64 bits per heavy atom. The Kier molecular flexibility index (Phi) is 4.82. The molecule has 0 saturated heterocycles. The fourth-order valence-electron chi connectivity index (χ4n) is 3.68. The van der Waals surface area contributed by atoms with Crippen LogP contribution in [0.2, 0.25) is 0 Å². The molecule has 0 aliphatic carbocycles. The lowest BCUT2D eigenvalue weighted by Gasteiger charge is -2.12. The van der Waals surface area contributed by atoms with Crippen molar-refractivity contribution in [2.24, 2.45) is 0 Å². The third kappa shape index (κ3) is 3.24. The van der Waals surface area contributed by atoms with E-state index in [1.54, 1.807) is 12.3 Å². The number of nitrogens with zero attached hydrogens (tertiary/aromatic N) is 1. The second kappa shape index (κ2) is 7.43. The van der Waals surface area contributed by atoms with E-state index in [1.165, 1.54) is 0 Å². The zero-order valence-corrected chi connectivity index (χ0v) is 16.0. The Bertz CT molecular complexity index is 1040. The summed E-state index contributed by atoms with van der Waals surface area (Å²) in [5, 5.41) is 6.84. The van der Waals surface area contributed by atoms with E-state index in [0.717, 1.165) is 22.4 Å². The summed E-state index contributed by atoms with van der Waals surface area (Å²) < 4.78 is 5.93. The second-order valence-corrected chi connectivity index (χ2v) is 7.11. The van der Waals surface area contributed by atoms with E-state index in [4.69, 9.17) is 4.74 Å². The fraction of sp³-hybridized carbons (Fsp3) is 0.261. The normalized spacial score (nSPS) is 15.1. The lowest BCUT2D eigenvalue weighted by atomic mass is 9.88. The molecule has 5 nitrogen and oxygen atoms in total. The number of benzene rings is 2. The molecule has 1 aliphatic rings. The van der Waals surface area contributed by atoms with Crippen molar-refractivity contribution in [2.75, 3.05) is 6.61 Å². The number of carbonyl (C=O) groups excluding carboxylic acids is 2. The molecule has 1 unspecified atom stereocenters. The molecule has 0 saturated carbocycles. The topological polar surface area (TPSA) is 72.0 Å². The number of ketones is 2. The molecule has 5 heteroatoms. The van der Waals surface area contributed by atoms with Gasteiger partial charge in [0.25, 0.3) is 0 Å². The van der Waals surface area contributed by atoms with Crippen LogP contribution in [0, 0.1) is 6.92 Å². The largest absolute Gasteiger partial charge is 0.492 e. The third-order valence-corrected chi connectivity index (χ3v) is 5.32. The van der Waals surface area contributed by atoms with Gasteiger partial charge in [0, 0.05) is 41.1 Å².